The average Bonchev–Trinajstić information content (AvgIpc) is 2.86. The highest BCUT2D eigenvalue weighted by Crippen LogP contribution is 2.20. The third-order valence-corrected chi connectivity index (χ3v) is 5.29. The minimum Gasteiger partial charge on any atom is -0.310 e. The van der Waals surface area contributed by atoms with Gasteiger partial charge in [0.2, 0.25) is 10.0 Å². The number of thiazole rings is 1. The van der Waals surface area contributed by atoms with E-state index < -0.39 is 10.0 Å². The predicted octanol–water partition coefficient (Wildman–Crippen LogP) is 0.651. The molecule has 0 aliphatic heterocycles. The Labute approximate surface area is 116 Å². The first kappa shape index (κ1) is 14.4. The van der Waals surface area contributed by atoms with Gasteiger partial charge < -0.3 is 5.32 Å². The Morgan fingerprint density at radius 1 is 1.42 bits per heavy atom. The molecule has 0 unspecified atom stereocenters. The maximum Gasteiger partial charge on any atom is 0.212 e. The van der Waals surface area contributed by atoms with Gasteiger partial charge in [-0.25, -0.2) is 18.1 Å². The second-order valence-electron chi connectivity index (χ2n) is 4.34. The van der Waals surface area contributed by atoms with Gasteiger partial charge >= 0.3 is 0 Å². The first-order valence-electron chi connectivity index (χ1n) is 5.98. The van der Waals surface area contributed by atoms with Crippen molar-refractivity contribution in [2.24, 2.45) is 0 Å². The normalized spacial score (nSPS) is 12.4. The van der Waals surface area contributed by atoms with Crippen molar-refractivity contribution in [3.05, 3.63) is 22.5 Å². The highest BCUT2D eigenvalue weighted by molar-refractivity contribution is 7.89. The third-order valence-electron chi connectivity index (χ3n) is 2.98. The Kier molecular flexibility index (Phi) is 4.24. The zero-order valence-corrected chi connectivity index (χ0v) is 12.9. The van der Waals surface area contributed by atoms with E-state index in [9.17, 15) is 8.42 Å². The molecule has 0 saturated heterocycles. The Morgan fingerprint density at radius 2 is 2.16 bits per heavy atom. The number of aryl methyl sites for hydroxylation is 2. The Bertz CT molecular complexity index is 672. The minimum atomic E-state index is -3.14. The fourth-order valence-corrected chi connectivity index (χ4v) is 3.44. The molecule has 19 heavy (non-hydrogen) atoms. The number of aromatic nitrogens is 2. The summed E-state index contributed by atoms with van der Waals surface area (Å²) in [6.07, 6.45) is 0. The van der Waals surface area contributed by atoms with Crippen LogP contribution in [0, 0.1) is 13.8 Å². The third kappa shape index (κ3) is 3.14. The van der Waals surface area contributed by atoms with Crippen molar-refractivity contribution in [2.75, 3.05) is 19.3 Å². The molecule has 0 amide bonds. The molecule has 0 fully saturated rings. The first-order chi connectivity index (χ1) is 8.94. The van der Waals surface area contributed by atoms with Gasteiger partial charge in [0.15, 0.2) is 4.96 Å². The van der Waals surface area contributed by atoms with Crippen LogP contribution < -0.4 is 10.0 Å². The van der Waals surface area contributed by atoms with E-state index in [1.807, 2.05) is 13.8 Å². The summed E-state index contributed by atoms with van der Waals surface area (Å²) in [5, 5.41) is 5.22. The number of imidazole rings is 1. The monoisotopic (exact) mass is 302 g/mol. The topological polar surface area (TPSA) is 75.5 Å². The molecule has 2 aromatic heterocycles. The zero-order chi connectivity index (χ0) is 14.0. The van der Waals surface area contributed by atoms with Crippen molar-refractivity contribution in [1.82, 2.24) is 19.4 Å². The van der Waals surface area contributed by atoms with Crippen LogP contribution in [-0.4, -0.2) is 37.1 Å². The lowest BCUT2D eigenvalue weighted by atomic mass is 10.3. The van der Waals surface area contributed by atoms with Crippen molar-refractivity contribution < 1.29 is 8.42 Å². The van der Waals surface area contributed by atoms with Crippen LogP contribution >= 0.6 is 11.3 Å². The lowest BCUT2D eigenvalue weighted by Gasteiger charge is -2.06. The first-order valence-corrected chi connectivity index (χ1v) is 8.52. The maximum absolute atomic E-state index is 11.3. The molecule has 8 heteroatoms. The molecule has 0 atom stereocenters. The van der Waals surface area contributed by atoms with Crippen LogP contribution in [0.2, 0.25) is 0 Å². The van der Waals surface area contributed by atoms with Gasteiger partial charge in [-0.15, -0.1) is 11.3 Å². The number of nitrogens with one attached hydrogen (secondary N) is 2. The predicted molar refractivity (Wildman–Crippen MR) is 77.1 cm³/mol. The second-order valence-corrected chi connectivity index (χ2v) is 7.22. The SMILES string of the molecule is CNS(=O)(=O)CCNCc1c(C)nc2scc(C)n12. The molecule has 0 spiro atoms. The van der Waals surface area contributed by atoms with Gasteiger partial charge in [0.05, 0.1) is 17.1 Å². The van der Waals surface area contributed by atoms with Gasteiger partial charge in [0, 0.05) is 24.2 Å². The Morgan fingerprint density at radius 3 is 2.84 bits per heavy atom. The van der Waals surface area contributed by atoms with Crippen molar-refractivity contribution in [1.29, 1.82) is 0 Å². The number of hydrogen-bond acceptors (Lipinski definition) is 5. The molecular formula is C11H18N4O2S2. The second kappa shape index (κ2) is 5.58. The van der Waals surface area contributed by atoms with Crippen LogP contribution in [0.15, 0.2) is 5.38 Å². The van der Waals surface area contributed by atoms with Crippen molar-refractivity contribution in [3.63, 3.8) is 0 Å². The van der Waals surface area contributed by atoms with Gasteiger partial charge in [-0.2, -0.15) is 0 Å². The van der Waals surface area contributed by atoms with E-state index >= 15 is 0 Å². The van der Waals surface area contributed by atoms with Gasteiger partial charge in [-0.05, 0) is 20.9 Å². The lowest BCUT2D eigenvalue weighted by Crippen LogP contribution is -2.29. The quantitative estimate of drug-likeness (QED) is 0.768. The molecule has 106 valence electrons. The fourth-order valence-electron chi connectivity index (χ4n) is 1.89. The van der Waals surface area contributed by atoms with Gasteiger partial charge in [0.25, 0.3) is 0 Å². The number of sulfonamides is 1. The summed E-state index contributed by atoms with van der Waals surface area (Å²) in [7, 11) is -1.72. The summed E-state index contributed by atoms with van der Waals surface area (Å²) in [6.45, 7) is 5.04. The molecule has 2 heterocycles. The number of nitrogens with zero attached hydrogens (tertiary/aromatic N) is 2. The van der Waals surface area contributed by atoms with Crippen molar-refractivity contribution >= 4 is 26.3 Å². The molecule has 0 radical (unpaired) electrons. The van der Waals surface area contributed by atoms with E-state index in [0.717, 1.165) is 22.0 Å². The fraction of sp³-hybridized carbons (Fsp3) is 0.545. The largest absolute Gasteiger partial charge is 0.310 e. The van der Waals surface area contributed by atoms with E-state index in [2.05, 4.69) is 24.8 Å². The lowest BCUT2D eigenvalue weighted by molar-refractivity contribution is 0.582. The van der Waals surface area contributed by atoms with Crippen LogP contribution in [0.5, 0.6) is 0 Å². The molecule has 6 nitrogen and oxygen atoms in total. The Hall–Kier alpha value is -0.960. The molecule has 2 N–H and O–H groups in total. The van der Waals surface area contributed by atoms with Crippen LogP contribution in [-0.2, 0) is 16.6 Å². The zero-order valence-electron chi connectivity index (χ0n) is 11.2. The standard InChI is InChI=1S/C11H18N4O2S2/c1-8-7-18-11-14-9(2)10(15(8)11)6-13-4-5-19(16,17)12-3/h7,12-13H,4-6H2,1-3H3. The van der Waals surface area contributed by atoms with Crippen LogP contribution in [0.25, 0.3) is 4.96 Å². The van der Waals surface area contributed by atoms with Crippen LogP contribution in [0.1, 0.15) is 17.1 Å². The van der Waals surface area contributed by atoms with E-state index in [0.29, 0.717) is 13.1 Å². The molecule has 2 rings (SSSR count). The van der Waals surface area contributed by atoms with Gasteiger partial charge in [-0.3, -0.25) is 4.40 Å². The Balaban J connectivity index is 2.02. The smallest absolute Gasteiger partial charge is 0.212 e. The summed E-state index contributed by atoms with van der Waals surface area (Å²) >= 11 is 1.61. The molecule has 0 saturated carbocycles. The number of rotatable bonds is 6. The molecular weight excluding hydrogens is 284 g/mol. The molecule has 0 aliphatic rings. The summed E-state index contributed by atoms with van der Waals surface area (Å²) in [5.74, 6) is 0.0765. The van der Waals surface area contributed by atoms with Crippen LogP contribution in [0.3, 0.4) is 0 Å². The molecule has 0 aliphatic carbocycles. The highest BCUT2D eigenvalue weighted by atomic mass is 32.2. The highest BCUT2D eigenvalue weighted by Gasteiger charge is 2.12. The molecule has 0 bridgehead atoms. The summed E-state index contributed by atoms with van der Waals surface area (Å²) in [6, 6.07) is 0. The minimum absolute atomic E-state index is 0.0765. The summed E-state index contributed by atoms with van der Waals surface area (Å²) < 4.78 is 27.0. The van der Waals surface area contributed by atoms with Gasteiger partial charge in [0.1, 0.15) is 0 Å². The number of hydrogen-bond donors (Lipinski definition) is 2. The number of fused-ring (bicyclic) bond motifs is 1. The van der Waals surface area contributed by atoms with Crippen molar-refractivity contribution in [2.45, 2.75) is 20.4 Å². The van der Waals surface area contributed by atoms with E-state index in [1.165, 1.54) is 7.05 Å². The molecule has 2 aromatic rings. The average molecular weight is 302 g/mol. The molecule has 0 aromatic carbocycles. The van der Waals surface area contributed by atoms with E-state index in [4.69, 9.17) is 0 Å². The van der Waals surface area contributed by atoms with E-state index in [1.54, 1.807) is 11.3 Å². The maximum atomic E-state index is 11.3. The van der Waals surface area contributed by atoms with E-state index in [-0.39, 0.29) is 5.75 Å². The summed E-state index contributed by atoms with van der Waals surface area (Å²) in [4.78, 5) is 5.47. The van der Waals surface area contributed by atoms with Crippen LogP contribution in [0.4, 0.5) is 0 Å². The van der Waals surface area contributed by atoms with Gasteiger partial charge in [-0.1, -0.05) is 0 Å². The van der Waals surface area contributed by atoms with Crippen molar-refractivity contribution in [3.8, 4) is 0 Å². The summed E-state index contributed by atoms with van der Waals surface area (Å²) in [5.41, 5.74) is 3.23.